The standard InChI is InChI=1S/C14H12N2O5/c1-8-5-10(3-4-12(8)16(19)20)21-13-6-9(2)15-7-11(13)14(17)18/h3-7H,1-2H3,(H,17,18). The Hall–Kier alpha value is -2.96. The molecule has 0 fully saturated rings. The highest BCUT2D eigenvalue weighted by atomic mass is 16.6. The maximum atomic E-state index is 11.1. The molecule has 0 unspecified atom stereocenters. The van der Waals surface area contributed by atoms with Gasteiger partial charge in [-0.15, -0.1) is 0 Å². The third kappa shape index (κ3) is 3.14. The number of ether oxygens (including phenoxy) is 1. The second-order valence-electron chi connectivity index (χ2n) is 4.43. The molecular formula is C14H12N2O5. The zero-order chi connectivity index (χ0) is 15.6. The molecule has 7 nitrogen and oxygen atoms in total. The van der Waals surface area contributed by atoms with E-state index in [2.05, 4.69) is 4.98 Å². The first-order valence-corrected chi connectivity index (χ1v) is 6.01. The van der Waals surface area contributed by atoms with Crippen molar-refractivity contribution in [3.8, 4) is 11.5 Å². The Balaban J connectivity index is 2.38. The molecule has 21 heavy (non-hydrogen) atoms. The Morgan fingerprint density at radius 3 is 2.62 bits per heavy atom. The molecule has 0 bridgehead atoms. The van der Waals surface area contributed by atoms with E-state index in [0.29, 0.717) is 17.0 Å². The van der Waals surface area contributed by atoms with Gasteiger partial charge >= 0.3 is 5.97 Å². The average Bonchev–Trinajstić information content (AvgIpc) is 2.37. The first-order valence-electron chi connectivity index (χ1n) is 6.01. The number of aromatic nitrogens is 1. The minimum Gasteiger partial charge on any atom is -0.477 e. The molecule has 2 rings (SSSR count). The number of benzene rings is 1. The van der Waals surface area contributed by atoms with E-state index < -0.39 is 10.9 Å². The number of hydrogen-bond acceptors (Lipinski definition) is 5. The van der Waals surface area contributed by atoms with Crippen molar-refractivity contribution in [2.45, 2.75) is 13.8 Å². The van der Waals surface area contributed by atoms with Crippen molar-refractivity contribution in [2.75, 3.05) is 0 Å². The summed E-state index contributed by atoms with van der Waals surface area (Å²) in [4.78, 5) is 25.3. The zero-order valence-electron chi connectivity index (χ0n) is 11.4. The van der Waals surface area contributed by atoms with Crippen LogP contribution in [0.3, 0.4) is 0 Å². The van der Waals surface area contributed by atoms with E-state index in [1.807, 2.05) is 0 Å². The van der Waals surface area contributed by atoms with Gasteiger partial charge in [0, 0.05) is 29.6 Å². The zero-order valence-corrected chi connectivity index (χ0v) is 11.4. The van der Waals surface area contributed by atoms with Gasteiger partial charge in [-0.05, 0) is 26.0 Å². The van der Waals surface area contributed by atoms with Crippen LogP contribution in [0.15, 0.2) is 30.5 Å². The van der Waals surface area contributed by atoms with Crippen molar-refractivity contribution in [1.82, 2.24) is 4.98 Å². The summed E-state index contributed by atoms with van der Waals surface area (Å²) < 4.78 is 5.52. The number of hydrogen-bond donors (Lipinski definition) is 1. The van der Waals surface area contributed by atoms with Crippen LogP contribution in [-0.4, -0.2) is 21.0 Å². The van der Waals surface area contributed by atoms with Gasteiger partial charge in [0.2, 0.25) is 0 Å². The molecule has 0 aliphatic heterocycles. The first-order chi connectivity index (χ1) is 9.88. The Labute approximate surface area is 120 Å². The van der Waals surface area contributed by atoms with Crippen molar-refractivity contribution >= 4 is 11.7 Å². The summed E-state index contributed by atoms with van der Waals surface area (Å²) in [6.45, 7) is 3.29. The summed E-state index contributed by atoms with van der Waals surface area (Å²) in [5.41, 5.74) is 0.942. The normalized spacial score (nSPS) is 10.2. The molecule has 0 atom stereocenters. The number of carboxylic acid groups (broad SMARTS) is 1. The molecule has 2 aromatic rings. The van der Waals surface area contributed by atoms with E-state index in [9.17, 15) is 14.9 Å². The molecule has 0 saturated heterocycles. The lowest BCUT2D eigenvalue weighted by molar-refractivity contribution is -0.385. The minimum absolute atomic E-state index is 0.0216. The number of carbonyl (C=O) groups is 1. The lowest BCUT2D eigenvalue weighted by Crippen LogP contribution is -2.02. The van der Waals surface area contributed by atoms with Crippen molar-refractivity contribution in [3.63, 3.8) is 0 Å². The third-order valence-corrected chi connectivity index (χ3v) is 2.83. The number of aromatic carboxylic acids is 1. The van der Waals surface area contributed by atoms with E-state index in [-0.39, 0.29) is 17.0 Å². The van der Waals surface area contributed by atoms with E-state index >= 15 is 0 Å². The second-order valence-corrected chi connectivity index (χ2v) is 4.43. The van der Waals surface area contributed by atoms with Gasteiger partial charge in [0.1, 0.15) is 17.1 Å². The van der Waals surface area contributed by atoms with Crippen molar-refractivity contribution in [2.24, 2.45) is 0 Å². The summed E-state index contributed by atoms with van der Waals surface area (Å²) in [6, 6.07) is 5.73. The Morgan fingerprint density at radius 2 is 2.05 bits per heavy atom. The quantitative estimate of drug-likeness (QED) is 0.685. The predicted molar refractivity (Wildman–Crippen MR) is 73.8 cm³/mol. The summed E-state index contributed by atoms with van der Waals surface area (Å²) in [7, 11) is 0. The van der Waals surface area contributed by atoms with Crippen LogP contribution < -0.4 is 4.74 Å². The van der Waals surface area contributed by atoms with Gasteiger partial charge < -0.3 is 9.84 Å². The molecule has 108 valence electrons. The molecule has 0 radical (unpaired) electrons. The number of nitrogens with zero attached hydrogens (tertiary/aromatic N) is 2. The largest absolute Gasteiger partial charge is 0.477 e. The third-order valence-electron chi connectivity index (χ3n) is 2.83. The number of rotatable bonds is 4. The molecule has 7 heteroatoms. The maximum absolute atomic E-state index is 11.1. The monoisotopic (exact) mass is 288 g/mol. The molecular weight excluding hydrogens is 276 g/mol. The fourth-order valence-electron chi connectivity index (χ4n) is 1.80. The minimum atomic E-state index is -1.16. The molecule has 0 saturated carbocycles. The topological polar surface area (TPSA) is 103 Å². The number of pyridine rings is 1. The maximum Gasteiger partial charge on any atom is 0.341 e. The lowest BCUT2D eigenvalue weighted by Gasteiger charge is -2.09. The van der Waals surface area contributed by atoms with Crippen molar-refractivity contribution in [3.05, 3.63) is 57.4 Å². The van der Waals surface area contributed by atoms with Crippen LogP contribution in [0.2, 0.25) is 0 Å². The summed E-state index contributed by atoms with van der Waals surface area (Å²) in [5.74, 6) is -0.689. The molecule has 0 aliphatic rings. The second kappa shape index (κ2) is 5.58. The molecule has 1 aromatic carbocycles. The Morgan fingerprint density at radius 1 is 1.33 bits per heavy atom. The van der Waals surface area contributed by atoms with Crippen LogP contribution in [0.4, 0.5) is 5.69 Å². The number of aryl methyl sites for hydroxylation is 2. The molecule has 0 amide bonds. The highest BCUT2D eigenvalue weighted by molar-refractivity contribution is 5.90. The number of nitro groups is 1. The molecule has 1 heterocycles. The van der Waals surface area contributed by atoms with Gasteiger partial charge in [-0.2, -0.15) is 0 Å². The van der Waals surface area contributed by atoms with Gasteiger partial charge in [0.05, 0.1) is 4.92 Å². The van der Waals surface area contributed by atoms with Crippen LogP contribution in [0.1, 0.15) is 21.6 Å². The van der Waals surface area contributed by atoms with Gasteiger partial charge in [0.25, 0.3) is 5.69 Å². The molecule has 1 aromatic heterocycles. The summed E-state index contributed by atoms with van der Waals surface area (Å²) in [5, 5.41) is 19.9. The van der Waals surface area contributed by atoms with Crippen LogP contribution >= 0.6 is 0 Å². The average molecular weight is 288 g/mol. The number of carboxylic acids is 1. The Bertz CT molecular complexity index is 727. The molecule has 0 spiro atoms. The Kier molecular flexibility index (Phi) is 3.84. The van der Waals surface area contributed by atoms with Crippen LogP contribution in [0, 0.1) is 24.0 Å². The first kappa shape index (κ1) is 14.4. The highest BCUT2D eigenvalue weighted by Crippen LogP contribution is 2.29. The fourth-order valence-corrected chi connectivity index (χ4v) is 1.80. The SMILES string of the molecule is Cc1cc(Oc2ccc([N+](=O)[O-])c(C)c2)c(C(=O)O)cn1. The summed E-state index contributed by atoms with van der Waals surface area (Å²) in [6.07, 6.45) is 1.21. The van der Waals surface area contributed by atoms with E-state index in [1.54, 1.807) is 13.8 Å². The van der Waals surface area contributed by atoms with E-state index in [0.717, 1.165) is 0 Å². The lowest BCUT2D eigenvalue weighted by atomic mass is 10.2. The van der Waals surface area contributed by atoms with Crippen molar-refractivity contribution in [1.29, 1.82) is 0 Å². The molecule has 0 aliphatic carbocycles. The van der Waals surface area contributed by atoms with Gasteiger partial charge in [-0.25, -0.2) is 4.79 Å². The van der Waals surface area contributed by atoms with E-state index in [4.69, 9.17) is 9.84 Å². The van der Waals surface area contributed by atoms with Crippen LogP contribution in [-0.2, 0) is 0 Å². The fraction of sp³-hybridized carbons (Fsp3) is 0.143. The van der Waals surface area contributed by atoms with Gasteiger partial charge in [-0.1, -0.05) is 0 Å². The summed E-state index contributed by atoms with van der Waals surface area (Å²) >= 11 is 0. The molecule has 1 N–H and O–H groups in total. The highest BCUT2D eigenvalue weighted by Gasteiger charge is 2.15. The van der Waals surface area contributed by atoms with Gasteiger partial charge in [0.15, 0.2) is 0 Å². The van der Waals surface area contributed by atoms with Gasteiger partial charge in [-0.3, -0.25) is 15.1 Å². The van der Waals surface area contributed by atoms with Crippen LogP contribution in [0.25, 0.3) is 0 Å². The smallest absolute Gasteiger partial charge is 0.341 e. The van der Waals surface area contributed by atoms with E-state index in [1.165, 1.54) is 30.5 Å². The number of nitro benzene ring substituents is 1. The van der Waals surface area contributed by atoms with Crippen molar-refractivity contribution < 1.29 is 19.6 Å². The predicted octanol–water partition coefficient (Wildman–Crippen LogP) is 3.10. The van der Waals surface area contributed by atoms with Crippen LogP contribution in [0.5, 0.6) is 11.5 Å².